The molecule has 0 spiro atoms. The van der Waals surface area contributed by atoms with Gasteiger partial charge in [-0.25, -0.2) is 0 Å². The maximum absolute atomic E-state index is 12.8. The van der Waals surface area contributed by atoms with E-state index in [0.717, 1.165) is 16.7 Å². The van der Waals surface area contributed by atoms with Crippen molar-refractivity contribution in [2.75, 3.05) is 5.32 Å². The fraction of sp³-hybridized carbons (Fsp3) is 0.148. The minimum absolute atomic E-state index is 0.0323. The molecule has 0 bridgehead atoms. The van der Waals surface area contributed by atoms with Gasteiger partial charge < -0.3 is 19.2 Å². The fourth-order valence-electron chi connectivity index (χ4n) is 3.46. The van der Waals surface area contributed by atoms with Crippen molar-refractivity contribution in [3.63, 3.8) is 0 Å². The molecule has 184 valence electrons. The first-order valence-corrected chi connectivity index (χ1v) is 11.4. The predicted molar refractivity (Wildman–Crippen MR) is 136 cm³/mol. The Kier molecular flexibility index (Phi) is 7.26. The van der Waals surface area contributed by atoms with Gasteiger partial charge in [0, 0.05) is 17.2 Å². The highest BCUT2D eigenvalue weighted by Gasteiger charge is 2.17. The number of non-ortho nitro benzene ring substituents is 1. The van der Waals surface area contributed by atoms with Crippen molar-refractivity contribution in [2.45, 2.75) is 27.4 Å². The number of benzene rings is 3. The smallest absolute Gasteiger partial charge is 0.291 e. The summed E-state index contributed by atoms with van der Waals surface area (Å²) in [6.07, 6.45) is 0. The highest BCUT2D eigenvalue weighted by molar-refractivity contribution is 6.30. The van der Waals surface area contributed by atoms with E-state index < -0.39 is 10.8 Å². The second-order valence-corrected chi connectivity index (χ2v) is 8.70. The molecule has 0 saturated heterocycles. The molecule has 1 amide bonds. The van der Waals surface area contributed by atoms with Crippen LogP contribution >= 0.6 is 11.6 Å². The van der Waals surface area contributed by atoms with Gasteiger partial charge in [-0.1, -0.05) is 23.7 Å². The number of aryl methyl sites for hydroxylation is 3. The Morgan fingerprint density at radius 1 is 0.972 bits per heavy atom. The number of amides is 1. The lowest BCUT2D eigenvalue weighted by atomic mass is 10.1. The minimum atomic E-state index is -0.567. The van der Waals surface area contributed by atoms with E-state index in [4.69, 9.17) is 25.5 Å². The first-order valence-electron chi connectivity index (χ1n) is 11.0. The summed E-state index contributed by atoms with van der Waals surface area (Å²) < 4.78 is 17.3. The van der Waals surface area contributed by atoms with Crippen LogP contribution in [0.25, 0.3) is 0 Å². The third-order valence-corrected chi connectivity index (χ3v) is 5.56. The Labute approximate surface area is 212 Å². The van der Waals surface area contributed by atoms with E-state index in [1.54, 1.807) is 24.3 Å². The number of carbonyl (C=O) groups excluding carboxylic acids is 1. The number of nitro benzene ring substituents is 1. The molecule has 3 aromatic carbocycles. The van der Waals surface area contributed by atoms with Crippen LogP contribution in [0.4, 0.5) is 11.4 Å². The lowest BCUT2D eigenvalue weighted by Gasteiger charge is -2.11. The number of rotatable bonds is 8. The van der Waals surface area contributed by atoms with Crippen LogP contribution in [0.15, 0.2) is 71.1 Å². The van der Waals surface area contributed by atoms with Crippen molar-refractivity contribution in [3.05, 3.63) is 110 Å². The van der Waals surface area contributed by atoms with Crippen LogP contribution in [-0.2, 0) is 6.61 Å². The van der Waals surface area contributed by atoms with Gasteiger partial charge in [-0.15, -0.1) is 0 Å². The monoisotopic (exact) mass is 506 g/mol. The average Bonchev–Trinajstić information content (AvgIpc) is 3.30. The molecule has 1 aromatic heterocycles. The average molecular weight is 507 g/mol. The molecule has 4 rings (SSSR count). The van der Waals surface area contributed by atoms with Crippen LogP contribution in [0.1, 0.15) is 33.0 Å². The van der Waals surface area contributed by atoms with E-state index in [0.29, 0.717) is 22.3 Å². The van der Waals surface area contributed by atoms with E-state index in [9.17, 15) is 14.9 Å². The van der Waals surface area contributed by atoms with Gasteiger partial charge in [0.2, 0.25) is 0 Å². The van der Waals surface area contributed by atoms with Crippen LogP contribution in [0.5, 0.6) is 17.2 Å². The number of nitro groups is 1. The molecule has 0 aliphatic carbocycles. The molecular formula is C27H23ClN2O6. The maximum atomic E-state index is 12.8. The number of nitrogens with zero attached hydrogens (tertiary/aromatic N) is 1. The van der Waals surface area contributed by atoms with Crippen LogP contribution in [-0.4, -0.2) is 10.8 Å². The van der Waals surface area contributed by atoms with Gasteiger partial charge in [0.05, 0.1) is 16.7 Å². The molecule has 1 N–H and O–H groups in total. The zero-order valence-corrected chi connectivity index (χ0v) is 20.6. The Balaban J connectivity index is 1.48. The number of furan rings is 1. The summed E-state index contributed by atoms with van der Waals surface area (Å²) in [5.74, 6) is 1.34. The van der Waals surface area contributed by atoms with Gasteiger partial charge in [0.25, 0.3) is 11.6 Å². The van der Waals surface area contributed by atoms with Gasteiger partial charge in [-0.2, -0.15) is 0 Å². The first-order chi connectivity index (χ1) is 17.2. The Bertz CT molecular complexity index is 1450. The third-order valence-electron chi connectivity index (χ3n) is 5.32. The van der Waals surface area contributed by atoms with Gasteiger partial charge in [0.1, 0.15) is 29.6 Å². The van der Waals surface area contributed by atoms with Gasteiger partial charge in [-0.3, -0.25) is 14.9 Å². The van der Waals surface area contributed by atoms with Crippen molar-refractivity contribution >= 4 is 28.9 Å². The van der Waals surface area contributed by atoms with Crippen LogP contribution in [0.2, 0.25) is 5.02 Å². The molecule has 0 fully saturated rings. The number of ether oxygens (including phenoxy) is 2. The van der Waals surface area contributed by atoms with Crippen molar-refractivity contribution in [2.24, 2.45) is 0 Å². The molecule has 0 saturated carbocycles. The quantitative estimate of drug-likeness (QED) is 0.197. The van der Waals surface area contributed by atoms with E-state index >= 15 is 0 Å². The molecule has 0 aliphatic rings. The summed E-state index contributed by atoms with van der Waals surface area (Å²) in [7, 11) is 0. The summed E-state index contributed by atoms with van der Waals surface area (Å²) in [4.78, 5) is 23.7. The van der Waals surface area contributed by atoms with Crippen molar-refractivity contribution in [3.8, 4) is 17.2 Å². The molecule has 1 heterocycles. The molecule has 36 heavy (non-hydrogen) atoms. The maximum Gasteiger partial charge on any atom is 0.291 e. The molecule has 0 unspecified atom stereocenters. The zero-order chi connectivity index (χ0) is 25.8. The highest BCUT2D eigenvalue weighted by atomic mass is 35.5. The topological polar surface area (TPSA) is 104 Å². The Morgan fingerprint density at radius 2 is 1.78 bits per heavy atom. The SMILES string of the molecule is Cc1ccc(C)c(Oc2cc(NC(=O)c3ccc(COc4ccc(Cl)cc4C)o3)cc([N+](=O)[O-])c2)c1. The first kappa shape index (κ1) is 24.8. The molecule has 0 aliphatic heterocycles. The molecule has 9 heteroatoms. The van der Waals surface area contributed by atoms with Crippen LogP contribution < -0.4 is 14.8 Å². The van der Waals surface area contributed by atoms with Gasteiger partial charge in [0.15, 0.2) is 5.76 Å². The normalized spacial score (nSPS) is 10.7. The number of hydrogen-bond acceptors (Lipinski definition) is 6. The Morgan fingerprint density at radius 3 is 2.53 bits per heavy atom. The molecule has 0 radical (unpaired) electrons. The fourth-order valence-corrected chi connectivity index (χ4v) is 3.68. The third kappa shape index (κ3) is 6.03. The summed E-state index contributed by atoms with van der Waals surface area (Å²) in [6.45, 7) is 5.78. The van der Waals surface area contributed by atoms with Gasteiger partial charge in [-0.05, 0) is 73.9 Å². The number of halogens is 1. The number of nitrogens with one attached hydrogen (secondary N) is 1. The minimum Gasteiger partial charge on any atom is -0.485 e. The van der Waals surface area contributed by atoms with Crippen molar-refractivity contribution < 1.29 is 23.6 Å². The Hall–Kier alpha value is -4.30. The lowest BCUT2D eigenvalue weighted by molar-refractivity contribution is -0.384. The second kappa shape index (κ2) is 10.5. The summed E-state index contributed by atoms with van der Waals surface area (Å²) >= 11 is 5.97. The largest absolute Gasteiger partial charge is 0.485 e. The highest BCUT2D eigenvalue weighted by Crippen LogP contribution is 2.32. The standard InChI is InChI=1S/C27H23ClN2O6/c1-16-4-5-17(2)26(10-16)36-23-13-20(12-21(14-23)30(32)33)29-27(31)25-9-7-22(35-25)15-34-24-8-6-19(28)11-18(24)3/h4-14H,15H2,1-3H3,(H,29,31). The second-order valence-electron chi connectivity index (χ2n) is 8.26. The van der Waals surface area contributed by atoms with Crippen molar-refractivity contribution in [1.82, 2.24) is 0 Å². The van der Waals surface area contributed by atoms with E-state index in [2.05, 4.69) is 5.32 Å². The summed E-state index contributed by atoms with van der Waals surface area (Å²) in [5, 5.41) is 14.7. The van der Waals surface area contributed by atoms with E-state index in [-0.39, 0.29) is 29.5 Å². The number of hydrogen-bond donors (Lipinski definition) is 1. The summed E-state index contributed by atoms with van der Waals surface area (Å²) in [5.41, 5.74) is 2.70. The molecule has 8 nitrogen and oxygen atoms in total. The number of anilines is 1. The van der Waals surface area contributed by atoms with Crippen molar-refractivity contribution in [1.29, 1.82) is 0 Å². The predicted octanol–water partition coefficient (Wildman–Crippen LogP) is 7.39. The van der Waals surface area contributed by atoms with Crippen LogP contribution in [0.3, 0.4) is 0 Å². The van der Waals surface area contributed by atoms with E-state index in [1.807, 2.05) is 39.0 Å². The number of carbonyl (C=O) groups is 1. The molecule has 0 atom stereocenters. The summed E-state index contributed by atoms with van der Waals surface area (Å²) in [6, 6.07) is 18.2. The van der Waals surface area contributed by atoms with E-state index in [1.165, 1.54) is 24.3 Å². The zero-order valence-electron chi connectivity index (χ0n) is 19.8. The van der Waals surface area contributed by atoms with Gasteiger partial charge >= 0.3 is 0 Å². The van der Waals surface area contributed by atoms with Crippen LogP contribution in [0, 0.1) is 30.9 Å². The molecule has 4 aromatic rings. The lowest BCUT2D eigenvalue weighted by Crippen LogP contribution is -2.11. The molecular weight excluding hydrogens is 484 g/mol.